The number of nitrogens with zero attached hydrogens (tertiary/aromatic N) is 1. The summed E-state index contributed by atoms with van der Waals surface area (Å²) in [5.74, 6) is 2.28. The summed E-state index contributed by atoms with van der Waals surface area (Å²) < 4.78 is 6.23. The minimum Gasteiger partial charge on any atom is -0.460 e. The molecule has 1 aromatic carbocycles. The van der Waals surface area contributed by atoms with E-state index in [1.165, 1.54) is 18.4 Å². The molecule has 0 saturated heterocycles. The zero-order valence-corrected chi connectivity index (χ0v) is 29.8. The fourth-order valence-electron chi connectivity index (χ4n) is 12.5. The zero-order chi connectivity index (χ0) is 32.9. The van der Waals surface area contributed by atoms with Gasteiger partial charge in [-0.15, -0.1) is 0 Å². The van der Waals surface area contributed by atoms with E-state index in [9.17, 15) is 9.90 Å². The molecule has 0 bridgehead atoms. The molecule has 0 amide bonds. The molecule has 1 N–H and O–H groups in total. The van der Waals surface area contributed by atoms with Crippen LogP contribution < -0.4 is 0 Å². The maximum Gasteiger partial charge on any atom is 0.313 e. The van der Waals surface area contributed by atoms with Crippen LogP contribution in [-0.4, -0.2) is 16.1 Å². The number of ether oxygens (including phenoxy) is 1. The molecule has 46 heavy (non-hydrogen) atoms. The topological polar surface area (TPSA) is 59.4 Å². The summed E-state index contributed by atoms with van der Waals surface area (Å²) in [6, 6.07) is 12.3. The van der Waals surface area contributed by atoms with Crippen LogP contribution in [-0.2, 0) is 34.6 Å². The molecule has 3 fully saturated rings. The highest BCUT2D eigenvalue weighted by molar-refractivity contribution is 6.30. The van der Waals surface area contributed by atoms with Gasteiger partial charge in [0.15, 0.2) is 0 Å². The number of aliphatic hydroxyl groups is 1. The Labute approximate surface area is 281 Å². The lowest BCUT2D eigenvalue weighted by molar-refractivity contribution is -0.184. The van der Waals surface area contributed by atoms with Gasteiger partial charge in [-0.1, -0.05) is 102 Å². The summed E-state index contributed by atoms with van der Waals surface area (Å²) in [6.45, 7) is 17.6. The minimum atomic E-state index is -0.437. The fourth-order valence-corrected chi connectivity index (χ4v) is 12.7. The number of benzene rings is 1. The van der Waals surface area contributed by atoms with E-state index in [1.807, 2.05) is 30.3 Å². The molecule has 0 unspecified atom stereocenters. The van der Waals surface area contributed by atoms with E-state index < -0.39 is 5.41 Å². The van der Waals surface area contributed by atoms with Crippen LogP contribution in [0.4, 0.5) is 0 Å². The van der Waals surface area contributed by atoms with Crippen LogP contribution in [0.25, 0.3) is 0 Å². The molecule has 0 spiro atoms. The quantitative estimate of drug-likeness (QED) is 0.205. The highest BCUT2D eigenvalue weighted by Gasteiger charge is 2.69. The largest absolute Gasteiger partial charge is 0.460 e. The van der Waals surface area contributed by atoms with Gasteiger partial charge in [-0.05, 0) is 114 Å². The van der Waals surface area contributed by atoms with Crippen molar-refractivity contribution in [3.8, 4) is 0 Å². The zero-order valence-electron chi connectivity index (χ0n) is 29.1. The maximum absolute atomic E-state index is 14.3. The normalized spacial score (nSPS) is 40.7. The van der Waals surface area contributed by atoms with Crippen molar-refractivity contribution < 1.29 is 14.6 Å². The van der Waals surface area contributed by atoms with Crippen molar-refractivity contribution in [2.45, 2.75) is 118 Å². The van der Waals surface area contributed by atoms with Gasteiger partial charge in [0.1, 0.15) is 11.8 Å². The lowest BCUT2D eigenvalue weighted by Gasteiger charge is -2.71. The average molecular weight is 644 g/mol. The number of carbonyl (C=O) groups is 1. The Hall–Kier alpha value is -2.17. The van der Waals surface area contributed by atoms with Gasteiger partial charge in [-0.25, -0.2) is 4.98 Å². The van der Waals surface area contributed by atoms with Gasteiger partial charge < -0.3 is 9.84 Å². The number of halogens is 1. The van der Waals surface area contributed by atoms with Gasteiger partial charge in [0.25, 0.3) is 0 Å². The lowest BCUT2D eigenvalue weighted by atomic mass is 9.33. The molecule has 0 aliphatic heterocycles. The Morgan fingerprint density at radius 1 is 1.00 bits per heavy atom. The maximum atomic E-state index is 14.3. The number of rotatable bonds is 4. The molecular formula is C41H54ClNO3. The second-order valence-electron chi connectivity index (χ2n) is 17.4. The predicted molar refractivity (Wildman–Crippen MR) is 184 cm³/mol. The molecule has 3 saturated carbocycles. The second kappa shape index (κ2) is 10.9. The van der Waals surface area contributed by atoms with Crippen molar-refractivity contribution in [2.75, 3.05) is 0 Å². The molecule has 5 aliphatic rings. The Balaban J connectivity index is 1.28. The lowest BCUT2D eigenvalue weighted by Crippen LogP contribution is -2.65. The third kappa shape index (κ3) is 4.34. The minimum absolute atomic E-state index is 0.0298. The Bertz CT molecular complexity index is 1570. The summed E-state index contributed by atoms with van der Waals surface area (Å²) in [5, 5.41) is 10.5. The molecule has 9 atom stereocenters. The van der Waals surface area contributed by atoms with Crippen LogP contribution in [0.15, 0.2) is 48.0 Å². The highest BCUT2D eigenvalue weighted by Crippen LogP contribution is 2.75. The standard InChI is InChI=1S/C41H54ClNO3/c1-25-15-18-41(36(45)46-24-27-11-9-8-10-12-27)20-19-39(6)30(33(41)26(25)2)13-14-32-38(5)22-28-21-29(23-44)35(42)43-34(28)37(3,4)31(38)16-17-40(32,39)7/h8-13,21,25-26,31-33,44H,14-20,22-24H2,1-7H3/t25-,26-,31+,32-,33-,38+,39+,40-,41-/m0/s1. The number of hydrogen-bond donors (Lipinski definition) is 1. The van der Waals surface area contributed by atoms with E-state index in [1.54, 1.807) is 5.57 Å². The molecule has 1 heterocycles. The smallest absolute Gasteiger partial charge is 0.313 e. The number of hydrogen-bond acceptors (Lipinski definition) is 4. The van der Waals surface area contributed by atoms with E-state index in [0.29, 0.717) is 35.4 Å². The first-order valence-corrected chi connectivity index (χ1v) is 18.3. The van der Waals surface area contributed by atoms with Crippen molar-refractivity contribution in [3.63, 3.8) is 0 Å². The monoisotopic (exact) mass is 643 g/mol. The van der Waals surface area contributed by atoms with Crippen molar-refractivity contribution in [1.82, 2.24) is 4.98 Å². The third-order valence-electron chi connectivity index (χ3n) is 15.2. The van der Waals surface area contributed by atoms with Crippen LogP contribution in [0.1, 0.15) is 116 Å². The number of fused-ring (bicyclic) bond motifs is 8. The molecule has 5 aliphatic carbocycles. The molecule has 0 radical (unpaired) electrons. The van der Waals surface area contributed by atoms with Gasteiger partial charge in [-0.3, -0.25) is 4.79 Å². The van der Waals surface area contributed by atoms with Gasteiger partial charge in [0.2, 0.25) is 0 Å². The molecule has 4 nitrogen and oxygen atoms in total. The Morgan fingerprint density at radius 3 is 2.46 bits per heavy atom. The van der Waals surface area contributed by atoms with E-state index in [2.05, 4.69) is 60.6 Å². The van der Waals surface area contributed by atoms with Crippen molar-refractivity contribution >= 4 is 17.6 Å². The second-order valence-corrected chi connectivity index (χ2v) is 17.7. The Morgan fingerprint density at radius 2 is 1.74 bits per heavy atom. The first-order valence-electron chi connectivity index (χ1n) is 17.9. The summed E-state index contributed by atoms with van der Waals surface area (Å²) >= 11 is 6.58. The van der Waals surface area contributed by atoms with Gasteiger partial charge in [0.05, 0.1) is 17.7 Å². The van der Waals surface area contributed by atoms with Crippen LogP contribution in [0.3, 0.4) is 0 Å². The average Bonchev–Trinajstić information content (AvgIpc) is 3.02. The van der Waals surface area contributed by atoms with E-state index in [4.69, 9.17) is 21.3 Å². The van der Waals surface area contributed by atoms with E-state index in [0.717, 1.165) is 55.3 Å². The number of esters is 1. The Kier molecular flexibility index (Phi) is 7.69. The fraction of sp³-hybridized carbons (Fsp3) is 0.659. The molecule has 5 heteroatoms. The predicted octanol–water partition coefficient (Wildman–Crippen LogP) is 9.64. The molecular weight excluding hydrogens is 590 g/mol. The van der Waals surface area contributed by atoms with Gasteiger partial charge in [-0.2, -0.15) is 0 Å². The summed E-state index contributed by atoms with van der Waals surface area (Å²) in [5.41, 5.74) is 5.44. The van der Waals surface area contributed by atoms with Crippen molar-refractivity contribution in [2.24, 2.45) is 51.2 Å². The number of allylic oxidation sites excluding steroid dienone is 2. The summed E-state index contributed by atoms with van der Waals surface area (Å²) in [6.07, 6.45) is 11.0. The van der Waals surface area contributed by atoms with Gasteiger partial charge >= 0.3 is 5.97 Å². The van der Waals surface area contributed by atoms with E-state index in [-0.39, 0.29) is 40.2 Å². The van der Waals surface area contributed by atoms with Crippen LogP contribution in [0.5, 0.6) is 0 Å². The molecule has 7 rings (SSSR count). The van der Waals surface area contributed by atoms with Crippen molar-refractivity contribution in [1.29, 1.82) is 0 Å². The third-order valence-corrected chi connectivity index (χ3v) is 15.6. The molecule has 2 aromatic rings. The highest BCUT2D eigenvalue weighted by atomic mass is 35.5. The number of pyridine rings is 1. The molecule has 248 valence electrons. The first kappa shape index (κ1) is 32.4. The SMILES string of the molecule is C[C@@H]1[C@H]2C3=CC[C@H]4[C@]5(C)Cc6cc(CO)c(Cl)nc6C(C)(C)[C@H]5CC[C@]4(C)[C@]3(C)CC[C@@]2(C(=O)OCc2ccccc2)CC[C@@H]1C. The van der Waals surface area contributed by atoms with Crippen LogP contribution in [0, 0.1) is 51.2 Å². The number of aromatic nitrogens is 1. The van der Waals surface area contributed by atoms with Crippen LogP contribution in [0.2, 0.25) is 5.15 Å². The summed E-state index contributed by atoms with van der Waals surface area (Å²) in [4.78, 5) is 19.3. The number of aliphatic hydroxyl groups excluding tert-OH is 1. The van der Waals surface area contributed by atoms with Gasteiger partial charge in [0, 0.05) is 11.0 Å². The van der Waals surface area contributed by atoms with E-state index >= 15 is 0 Å². The van der Waals surface area contributed by atoms with Crippen LogP contribution >= 0.6 is 11.6 Å². The molecule has 1 aromatic heterocycles. The first-order chi connectivity index (χ1) is 21.7. The number of carbonyl (C=O) groups excluding carboxylic acids is 1. The van der Waals surface area contributed by atoms with Crippen molar-refractivity contribution in [3.05, 3.63) is 75.6 Å². The summed E-state index contributed by atoms with van der Waals surface area (Å²) in [7, 11) is 0.